The average molecular weight is 734 g/mol. The molecule has 1 aromatic carbocycles. The molecular formula is C41H55N3O9. The molecule has 0 aromatic heterocycles. The van der Waals surface area contributed by atoms with E-state index in [0.29, 0.717) is 32.2 Å². The third kappa shape index (κ3) is 10.1. The van der Waals surface area contributed by atoms with Crippen LogP contribution in [0.1, 0.15) is 84.1 Å². The van der Waals surface area contributed by atoms with E-state index in [1.54, 1.807) is 18.2 Å². The molecule has 53 heavy (non-hydrogen) atoms. The molecule has 1 fully saturated rings. The molecule has 0 radical (unpaired) electrons. The van der Waals surface area contributed by atoms with Gasteiger partial charge in [-0.1, -0.05) is 88.6 Å². The second-order valence-electron chi connectivity index (χ2n) is 14.7. The van der Waals surface area contributed by atoms with Crippen molar-refractivity contribution in [3.05, 3.63) is 71.8 Å². The average Bonchev–Trinajstić information content (AvgIpc) is 3.44. The zero-order valence-corrected chi connectivity index (χ0v) is 31.4. The van der Waals surface area contributed by atoms with Crippen LogP contribution in [0.3, 0.4) is 0 Å². The molecule has 4 rings (SSSR count). The zero-order chi connectivity index (χ0) is 38.7. The first-order valence-corrected chi connectivity index (χ1v) is 18.9. The predicted molar refractivity (Wildman–Crippen MR) is 198 cm³/mol. The minimum atomic E-state index is -1.55. The predicted octanol–water partition coefficient (Wildman–Crippen LogP) is 4.86. The number of ether oxygens (including phenoxy) is 2. The number of rotatable bonds is 18. The van der Waals surface area contributed by atoms with Crippen molar-refractivity contribution in [2.45, 2.75) is 96.8 Å². The largest absolute Gasteiger partial charge is 0.467 e. The maximum Gasteiger partial charge on any atom is 0.407 e. The molecule has 0 spiro atoms. The van der Waals surface area contributed by atoms with Crippen molar-refractivity contribution in [1.82, 2.24) is 16.0 Å². The van der Waals surface area contributed by atoms with E-state index >= 15 is 0 Å². The molecule has 4 amide bonds. The topological polar surface area (TPSA) is 177 Å². The van der Waals surface area contributed by atoms with Gasteiger partial charge in [0.15, 0.2) is 5.78 Å². The van der Waals surface area contributed by atoms with Crippen LogP contribution in [0.4, 0.5) is 4.79 Å². The lowest BCUT2D eigenvalue weighted by Gasteiger charge is -2.51. The Hall–Kier alpha value is -4.58. The van der Waals surface area contributed by atoms with Crippen molar-refractivity contribution in [2.24, 2.45) is 35.5 Å². The van der Waals surface area contributed by atoms with Crippen molar-refractivity contribution < 1.29 is 43.3 Å². The Balaban J connectivity index is 1.40. The van der Waals surface area contributed by atoms with Crippen molar-refractivity contribution in [3.63, 3.8) is 0 Å². The number of methoxy groups -OCH3 is 1. The minimum Gasteiger partial charge on any atom is -0.467 e. The Kier molecular flexibility index (Phi) is 14.7. The quantitative estimate of drug-likeness (QED) is 0.0540. The number of unbranched alkanes of at least 4 members (excludes halogenated alkanes) is 3. The Morgan fingerprint density at radius 3 is 2.45 bits per heavy atom. The number of carbonyl (C=O) groups is 6. The molecule has 1 aromatic rings. The lowest BCUT2D eigenvalue weighted by molar-refractivity contribution is -0.149. The molecule has 3 aliphatic rings. The van der Waals surface area contributed by atoms with Gasteiger partial charge in [-0.05, 0) is 55.9 Å². The van der Waals surface area contributed by atoms with Gasteiger partial charge in [-0.25, -0.2) is 9.59 Å². The van der Waals surface area contributed by atoms with Gasteiger partial charge in [0.25, 0.3) is 11.8 Å². The van der Waals surface area contributed by atoms with Crippen molar-refractivity contribution in [2.75, 3.05) is 13.7 Å². The van der Waals surface area contributed by atoms with Crippen LogP contribution in [0.25, 0.3) is 0 Å². The summed E-state index contributed by atoms with van der Waals surface area (Å²) in [5, 5.41) is 20.0. The first kappa shape index (κ1) is 41.2. The summed E-state index contributed by atoms with van der Waals surface area (Å²) in [6.07, 6.45) is 9.40. The van der Waals surface area contributed by atoms with Gasteiger partial charge in [0, 0.05) is 35.8 Å². The van der Waals surface area contributed by atoms with E-state index < -0.39 is 70.9 Å². The lowest BCUT2D eigenvalue weighted by Crippen LogP contribution is -2.57. The standard InChI is InChI=1S/C41H55N3O9/c1-6-8-10-17-28(7-2)32-33(38(48)44-37(32)47)35(45)31-25(3)19-20-41(51)23-29(22-26(4)34(31)41)36(46)43-30(39(49)52-5)18-13-14-21-42-40(50)53-24-27-15-11-9-12-16-27/h7,9,11-12,15-16,19-20,25-26,28-31,34,51H,2,6,8,10,13-14,17-18,21-24H2,1,3-5H3,(H,42,50)(H,43,46)(H,44,47,48). The molecule has 1 aliphatic heterocycles. The SMILES string of the molecule is C=CC(CCCCC)C1=C(C(=O)C2C(C)C=CC3(O)CC(C(=O)NC(CCCCNC(=O)OCc4ccccc4)C(=O)OC)CC(C)C23)C(=O)NC1=O. The zero-order valence-electron chi connectivity index (χ0n) is 31.4. The Labute approximate surface area is 312 Å². The summed E-state index contributed by atoms with van der Waals surface area (Å²) in [4.78, 5) is 79.0. The molecule has 12 nitrogen and oxygen atoms in total. The number of nitrogens with one attached hydrogen (secondary N) is 3. The van der Waals surface area contributed by atoms with Crippen LogP contribution in [0.5, 0.6) is 0 Å². The second-order valence-corrected chi connectivity index (χ2v) is 14.7. The first-order valence-electron chi connectivity index (χ1n) is 18.9. The van der Waals surface area contributed by atoms with Crippen LogP contribution in [0.2, 0.25) is 0 Å². The van der Waals surface area contributed by atoms with Crippen LogP contribution in [0, 0.1) is 35.5 Å². The van der Waals surface area contributed by atoms with Crippen molar-refractivity contribution in [1.29, 1.82) is 0 Å². The highest BCUT2D eigenvalue weighted by atomic mass is 16.5. The monoisotopic (exact) mass is 733 g/mol. The normalized spacial score (nSPS) is 26.2. The van der Waals surface area contributed by atoms with Crippen LogP contribution in [-0.4, -0.2) is 66.0 Å². The number of imide groups is 1. The minimum absolute atomic E-state index is 0.00702. The highest BCUT2D eigenvalue weighted by Gasteiger charge is 2.56. The maximum absolute atomic E-state index is 14.4. The number of alkyl carbamates (subject to hydrolysis) is 1. The number of amides is 4. The number of ketones is 1. The van der Waals surface area contributed by atoms with Crippen molar-refractivity contribution in [3.8, 4) is 0 Å². The van der Waals surface area contributed by atoms with E-state index in [4.69, 9.17) is 9.47 Å². The van der Waals surface area contributed by atoms with Crippen LogP contribution in [0.15, 0.2) is 66.3 Å². The van der Waals surface area contributed by atoms with Gasteiger partial charge in [-0.15, -0.1) is 6.58 Å². The number of carbonyl (C=O) groups excluding carboxylic acids is 6. The number of Topliss-reactive ketones (excluding diaryl/α,β-unsaturated/α-hetero) is 1. The van der Waals surface area contributed by atoms with Gasteiger partial charge in [-0.2, -0.15) is 0 Å². The Morgan fingerprint density at radius 2 is 1.77 bits per heavy atom. The summed E-state index contributed by atoms with van der Waals surface area (Å²) < 4.78 is 10.2. The molecule has 12 heteroatoms. The molecule has 8 unspecified atom stereocenters. The van der Waals surface area contributed by atoms with Crippen LogP contribution in [-0.2, 0) is 40.1 Å². The number of hydrogen-bond donors (Lipinski definition) is 4. The third-order valence-corrected chi connectivity index (χ3v) is 10.9. The van der Waals surface area contributed by atoms with Gasteiger partial charge in [0.2, 0.25) is 5.91 Å². The fourth-order valence-electron chi connectivity index (χ4n) is 8.26. The van der Waals surface area contributed by atoms with E-state index in [1.807, 2.05) is 44.2 Å². The Bertz CT molecular complexity index is 1590. The summed E-state index contributed by atoms with van der Waals surface area (Å²) in [6, 6.07) is 8.37. The number of esters is 1. The van der Waals surface area contributed by atoms with E-state index in [0.717, 1.165) is 24.8 Å². The highest BCUT2D eigenvalue weighted by Crippen LogP contribution is 2.51. The number of benzene rings is 1. The molecule has 288 valence electrons. The van der Waals surface area contributed by atoms with Gasteiger partial charge in [0.05, 0.1) is 18.3 Å². The number of aliphatic hydroxyl groups is 1. The van der Waals surface area contributed by atoms with E-state index in [1.165, 1.54) is 7.11 Å². The van der Waals surface area contributed by atoms with Gasteiger partial charge in [-0.3, -0.25) is 24.5 Å². The number of allylic oxidation sites excluding steroid dienone is 2. The summed E-state index contributed by atoms with van der Waals surface area (Å²) in [5.74, 6) is -6.05. The summed E-state index contributed by atoms with van der Waals surface area (Å²) in [6.45, 7) is 10.2. The molecule has 1 saturated carbocycles. The van der Waals surface area contributed by atoms with Crippen LogP contribution >= 0.6 is 0 Å². The molecule has 0 saturated heterocycles. The lowest BCUT2D eigenvalue weighted by atomic mass is 9.55. The molecule has 1 heterocycles. The van der Waals surface area contributed by atoms with E-state index in [9.17, 15) is 33.9 Å². The number of fused-ring (bicyclic) bond motifs is 1. The summed E-state index contributed by atoms with van der Waals surface area (Å²) in [5.41, 5.74) is -0.690. The molecular weight excluding hydrogens is 678 g/mol. The van der Waals surface area contributed by atoms with E-state index in [-0.39, 0.29) is 42.4 Å². The molecule has 2 aliphatic carbocycles. The third-order valence-electron chi connectivity index (χ3n) is 10.9. The first-order chi connectivity index (χ1) is 25.3. The van der Waals surface area contributed by atoms with Crippen molar-refractivity contribution >= 4 is 35.6 Å². The second kappa shape index (κ2) is 19.0. The fraction of sp³-hybridized carbons (Fsp3) is 0.561. The molecule has 4 N–H and O–H groups in total. The summed E-state index contributed by atoms with van der Waals surface area (Å²) >= 11 is 0. The van der Waals surface area contributed by atoms with Crippen LogP contribution < -0.4 is 16.0 Å². The fourth-order valence-corrected chi connectivity index (χ4v) is 8.26. The summed E-state index contributed by atoms with van der Waals surface area (Å²) in [7, 11) is 1.24. The van der Waals surface area contributed by atoms with Gasteiger partial charge in [0.1, 0.15) is 12.6 Å². The number of hydrogen-bond acceptors (Lipinski definition) is 9. The van der Waals surface area contributed by atoms with E-state index in [2.05, 4.69) is 29.5 Å². The van der Waals surface area contributed by atoms with Gasteiger partial charge >= 0.3 is 12.1 Å². The highest BCUT2D eigenvalue weighted by molar-refractivity contribution is 6.33. The Morgan fingerprint density at radius 1 is 1.06 bits per heavy atom. The maximum atomic E-state index is 14.4. The van der Waals surface area contributed by atoms with Gasteiger partial charge < -0.3 is 25.2 Å². The smallest absolute Gasteiger partial charge is 0.407 e. The molecule has 8 atom stereocenters. The molecule has 0 bridgehead atoms.